The van der Waals surface area contributed by atoms with Crippen molar-refractivity contribution in [3.63, 3.8) is 0 Å². The third-order valence-electron chi connectivity index (χ3n) is 3.22. The molecule has 120 valence electrons. The zero-order chi connectivity index (χ0) is 17.0. The Bertz CT molecular complexity index is 849. The van der Waals surface area contributed by atoms with Gasteiger partial charge in [0.05, 0.1) is 21.4 Å². The minimum Gasteiger partial charge on any atom is -0.321 e. The van der Waals surface area contributed by atoms with Crippen molar-refractivity contribution in [3.8, 4) is 6.07 Å². The van der Waals surface area contributed by atoms with Crippen molar-refractivity contribution in [1.82, 2.24) is 4.31 Å². The number of carbonyl (C=O) groups excluding carboxylic acids is 1. The summed E-state index contributed by atoms with van der Waals surface area (Å²) in [5.74, 6) is -0.389. The number of hydrogen-bond acceptors (Lipinski definition) is 5. The summed E-state index contributed by atoms with van der Waals surface area (Å²) in [4.78, 5) is 12.6. The predicted molar refractivity (Wildman–Crippen MR) is 88.9 cm³/mol. The Balaban J connectivity index is 2.17. The summed E-state index contributed by atoms with van der Waals surface area (Å²) in [6.45, 7) is 2.09. The maximum absolute atomic E-state index is 12.2. The van der Waals surface area contributed by atoms with Gasteiger partial charge in [-0.3, -0.25) is 4.79 Å². The number of amides is 1. The first kappa shape index (κ1) is 17.1. The zero-order valence-electron chi connectivity index (χ0n) is 12.6. The summed E-state index contributed by atoms with van der Waals surface area (Å²) in [6.07, 6.45) is 0. The first-order valence-electron chi connectivity index (χ1n) is 6.75. The van der Waals surface area contributed by atoms with Gasteiger partial charge in [0.2, 0.25) is 10.0 Å². The number of sulfonamides is 1. The molecule has 1 aromatic carbocycles. The quantitative estimate of drug-likeness (QED) is 0.898. The molecule has 2 aromatic rings. The van der Waals surface area contributed by atoms with Crippen LogP contribution in [0.1, 0.15) is 22.2 Å². The Labute approximate surface area is 139 Å². The fourth-order valence-corrected chi connectivity index (χ4v) is 4.08. The van der Waals surface area contributed by atoms with Gasteiger partial charge in [-0.15, -0.1) is 11.3 Å². The molecule has 0 radical (unpaired) electrons. The number of carbonyl (C=O) groups is 1. The minimum atomic E-state index is -3.56. The Morgan fingerprint density at radius 2 is 2.00 bits per heavy atom. The van der Waals surface area contributed by atoms with Gasteiger partial charge in [-0.1, -0.05) is 6.92 Å². The molecule has 0 aliphatic rings. The number of nitriles is 1. The molecule has 0 fully saturated rings. The van der Waals surface area contributed by atoms with Crippen LogP contribution in [0.4, 0.5) is 5.69 Å². The highest BCUT2D eigenvalue weighted by atomic mass is 32.2. The molecular weight excluding hydrogens is 334 g/mol. The van der Waals surface area contributed by atoms with Crippen LogP contribution in [0, 0.1) is 11.3 Å². The first-order chi connectivity index (χ1) is 10.9. The van der Waals surface area contributed by atoms with E-state index in [0.717, 1.165) is 11.3 Å². The summed E-state index contributed by atoms with van der Waals surface area (Å²) in [6, 6.07) is 9.78. The van der Waals surface area contributed by atoms with E-state index in [0.29, 0.717) is 22.7 Å². The van der Waals surface area contributed by atoms with E-state index >= 15 is 0 Å². The molecule has 1 aromatic heterocycles. The van der Waals surface area contributed by atoms with Crippen LogP contribution in [-0.2, 0) is 10.0 Å². The monoisotopic (exact) mass is 349 g/mol. The molecule has 23 heavy (non-hydrogen) atoms. The molecule has 0 unspecified atom stereocenters. The highest BCUT2D eigenvalue weighted by molar-refractivity contribution is 7.89. The fourth-order valence-electron chi connectivity index (χ4n) is 1.74. The van der Waals surface area contributed by atoms with Crippen LogP contribution >= 0.6 is 11.3 Å². The topological polar surface area (TPSA) is 90.3 Å². The molecule has 0 aliphatic carbocycles. The molecule has 0 saturated carbocycles. The van der Waals surface area contributed by atoms with Crippen molar-refractivity contribution in [1.29, 1.82) is 5.26 Å². The van der Waals surface area contributed by atoms with Gasteiger partial charge in [0.1, 0.15) is 0 Å². The number of hydrogen-bond donors (Lipinski definition) is 1. The van der Waals surface area contributed by atoms with Crippen LogP contribution in [0.15, 0.2) is 40.6 Å². The van der Waals surface area contributed by atoms with Crippen LogP contribution in [0.5, 0.6) is 0 Å². The Hall–Kier alpha value is -2.21. The average molecular weight is 349 g/mol. The van der Waals surface area contributed by atoms with Crippen molar-refractivity contribution in [2.75, 3.05) is 18.9 Å². The number of nitrogens with zero attached hydrogens (tertiary/aromatic N) is 2. The Morgan fingerprint density at radius 3 is 2.57 bits per heavy atom. The smallest absolute Gasteiger partial charge is 0.265 e. The molecule has 1 amide bonds. The van der Waals surface area contributed by atoms with Crippen molar-refractivity contribution in [2.24, 2.45) is 0 Å². The van der Waals surface area contributed by atoms with E-state index in [9.17, 15) is 13.2 Å². The van der Waals surface area contributed by atoms with Gasteiger partial charge >= 0.3 is 0 Å². The maximum Gasteiger partial charge on any atom is 0.265 e. The molecule has 0 atom stereocenters. The third-order valence-corrected chi connectivity index (χ3v) is 6.21. The average Bonchev–Trinajstić information content (AvgIpc) is 3.05. The SMILES string of the molecule is CCN(C)S(=O)(=O)c1csc(C(=O)Nc2ccc(C#N)cc2)c1. The number of rotatable bonds is 5. The molecule has 6 nitrogen and oxygen atoms in total. The van der Waals surface area contributed by atoms with Gasteiger partial charge in [0, 0.05) is 24.7 Å². The Morgan fingerprint density at radius 1 is 1.35 bits per heavy atom. The summed E-state index contributed by atoms with van der Waals surface area (Å²) in [5, 5.41) is 12.9. The molecule has 0 saturated heterocycles. The van der Waals surface area contributed by atoms with Crippen LogP contribution in [0.3, 0.4) is 0 Å². The van der Waals surface area contributed by atoms with Crippen LogP contribution in [0.2, 0.25) is 0 Å². The Kier molecular flexibility index (Phi) is 5.15. The molecule has 2 rings (SSSR count). The first-order valence-corrected chi connectivity index (χ1v) is 9.07. The van der Waals surface area contributed by atoms with Gasteiger partial charge in [0.25, 0.3) is 5.91 Å². The molecule has 1 N–H and O–H groups in total. The molecule has 8 heteroatoms. The van der Waals surface area contributed by atoms with Crippen LogP contribution in [0.25, 0.3) is 0 Å². The van der Waals surface area contributed by atoms with Crippen LogP contribution in [-0.4, -0.2) is 32.2 Å². The highest BCUT2D eigenvalue weighted by Crippen LogP contribution is 2.23. The van der Waals surface area contributed by atoms with E-state index in [1.165, 1.54) is 22.8 Å². The van der Waals surface area contributed by atoms with Crippen molar-refractivity contribution >= 4 is 33.0 Å². The van der Waals surface area contributed by atoms with E-state index < -0.39 is 10.0 Å². The summed E-state index contributed by atoms with van der Waals surface area (Å²) in [5.41, 5.74) is 1.03. The lowest BCUT2D eigenvalue weighted by atomic mass is 10.2. The lowest BCUT2D eigenvalue weighted by Crippen LogP contribution is -2.26. The van der Waals surface area contributed by atoms with Gasteiger partial charge < -0.3 is 5.32 Å². The highest BCUT2D eigenvalue weighted by Gasteiger charge is 2.22. The minimum absolute atomic E-state index is 0.108. The van der Waals surface area contributed by atoms with Crippen molar-refractivity contribution in [3.05, 3.63) is 46.2 Å². The molecule has 0 bridgehead atoms. The zero-order valence-corrected chi connectivity index (χ0v) is 14.2. The molecule has 0 spiro atoms. The van der Waals surface area contributed by atoms with Gasteiger partial charge in [-0.05, 0) is 30.3 Å². The lowest BCUT2D eigenvalue weighted by molar-refractivity contribution is 0.103. The summed E-state index contributed by atoms with van der Waals surface area (Å²) in [7, 11) is -2.07. The predicted octanol–water partition coefficient (Wildman–Crippen LogP) is 2.51. The van der Waals surface area contributed by atoms with E-state index in [2.05, 4.69) is 5.32 Å². The molecule has 1 heterocycles. The van der Waals surface area contributed by atoms with E-state index in [1.807, 2.05) is 6.07 Å². The van der Waals surface area contributed by atoms with E-state index in [4.69, 9.17) is 5.26 Å². The van der Waals surface area contributed by atoms with E-state index in [-0.39, 0.29) is 10.8 Å². The lowest BCUT2D eigenvalue weighted by Gasteiger charge is -2.12. The number of nitrogens with one attached hydrogen (secondary N) is 1. The third kappa shape index (κ3) is 3.76. The normalized spacial score (nSPS) is 11.2. The largest absolute Gasteiger partial charge is 0.321 e. The van der Waals surface area contributed by atoms with Gasteiger partial charge in [-0.2, -0.15) is 5.26 Å². The second-order valence-corrected chi connectivity index (χ2v) is 7.67. The van der Waals surface area contributed by atoms with Crippen LogP contribution < -0.4 is 5.32 Å². The second-order valence-electron chi connectivity index (χ2n) is 4.71. The van der Waals surface area contributed by atoms with Gasteiger partial charge in [0.15, 0.2) is 0 Å². The summed E-state index contributed by atoms with van der Waals surface area (Å²) < 4.78 is 25.6. The standard InChI is InChI=1S/C15H15N3O3S2/c1-3-18(2)23(20,21)13-8-14(22-10-13)15(19)17-12-6-4-11(9-16)5-7-12/h4-8,10H,3H2,1-2H3,(H,17,19). The molecular formula is C15H15N3O3S2. The number of anilines is 1. The van der Waals surface area contributed by atoms with Gasteiger partial charge in [-0.25, -0.2) is 12.7 Å². The second kappa shape index (κ2) is 6.91. The summed E-state index contributed by atoms with van der Waals surface area (Å²) >= 11 is 1.07. The maximum atomic E-state index is 12.2. The number of thiophene rings is 1. The fraction of sp³-hybridized carbons (Fsp3) is 0.200. The van der Waals surface area contributed by atoms with E-state index in [1.54, 1.807) is 31.2 Å². The number of benzene rings is 1. The van der Waals surface area contributed by atoms with Crippen molar-refractivity contribution < 1.29 is 13.2 Å². The van der Waals surface area contributed by atoms with Crippen molar-refractivity contribution in [2.45, 2.75) is 11.8 Å². The molecule has 0 aliphatic heterocycles.